The first-order valence-electron chi connectivity index (χ1n) is 5.29. The first kappa shape index (κ1) is 12.6. The highest BCUT2D eigenvalue weighted by atomic mass is 79.9. The fraction of sp³-hybridized carbons (Fsp3) is 0.154. The molecule has 0 fully saturated rings. The van der Waals surface area contributed by atoms with Gasteiger partial charge in [0.05, 0.1) is 4.47 Å². The van der Waals surface area contributed by atoms with Gasteiger partial charge in [0.15, 0.2) is 0 Å². The van der Waals surface area contributed by atoms with E-state index in [2.05, 4.69) is 40.0 Å². The zero-order chi connectivity index (χ0) is 12.3. The molecule has 4 heteroatoms. The summed E-state index contributed by atoms with van der Waals surface area (Å²) in [4.78, 5) is 5.57. The predicted octanol–water partition coefficient (Wildman–Crippen LogP) is 3.76. The van der Waals surface area contributed by atoms with E-state index in [4.69, 9.17) is 5.73 Å². The van der Waals surface area contributed by atoms with Crippen LogP contribution < -0.4 is 5.73 Å². The van der Waals surface area contributed by atoms with Gasteiger partial charge in [-0.15, -0.1) is 0 Å². The Morgan fingerprint density at radius 2 is 2.12 bits per heavy atom. The van der Waals surface area contributed by atoms with E-state index in [1.807, 2.05) is 18.2 Å². The molecule has 1 aromatic heterocycles. The Kier molecular flexibility index (Phi) is 4.20. The van der Waals surface area contributed by atoms with Gasteiger partial charge in [-0.2, -0.15) is 0 Å². The lowest BCUT2D eigenvalue weighted by Gasteiger charge is -2.10. The molecule has 0 saturated heterocycles. The second-order valence-electron chi connectivity index (χ2n) is 3.66. The Bertz CT molecular complexity index is 529. The molecule has 0 aliphatic carbocycles. The van der Waals surface area contributed by atoms with Gasteiger partial charge in [0.1, 0.15) is 5.03 Å². The molecular weight excluding hydrogens is 296 g/mol. The van der Waals surface area contributed by atoms with Gasteiger partial charge in [0, 0.05) is 17.6 Å². The number of pyridine rings is 1. The van der Waals surface area contributed by atoms with E-state index < -0.39 is 0 Å². The van der Waals surface area contributed by atoms with E-state index in [0.717, 1.165) is 15.1 Å². The van der Waals surface area contributed by atoms with Crippen molar-refractivity contribution >= 4 is 27.7 Å². The Morgan fingerprint density at radius 1 is 1.29 bits per heavy atom. The van der Waals surface area contributed by atoms with Crippen molar-refractivity contribution in [3.05, 3.63) is 52.1 Å². The molecule has 0 bridgehead atoms. The molecule has 1 heterocycles. The maximum atomic E-state index is 5.77. The lowest BCUT2D eigenvalue weighted by Crippen LogP contribution is -1.99. The van der Waals surface area contributed by atoms with Crippen molar-refractivity contribution in [2.24, 2.45) is 5.73 Å². The number of rotatable bonds is 3. The average Bonchev–Trinajstić information content (AvgIpc) is 2.34. The maximum Gasteiger partial charge on any atom is 0.115 e. The van der Waals surface area contributed by atoms with E-state index in [9.17, 15) is 0 Å². The van der Waals surface area contributed by atoms with Crippen molar-refractivity contribution in [1.82, 2.24) is 4.98 Å². The molecule has 0 amide bonds. The molecule has 2 rings (SSSR count). The van der Waals surface area contributed by atoms with Crippen LogP contribution in [0, 0.1) is 6.92 Å². The molecule has 0 unspecified atom stereocenters. The summed E-state index contributed by atoms with van der Waals surface area (Å²) in [6.45, 7) is 2.65. The summed E-state index contributed by atoms with van der Waals surface area (Å²) < 4.78 is 1.01. The van der Waals surface area contributed by atoms with E-state index in [1.54, 1.807) is 18.0 Å². The van der Waals surface area contributed by atoms with E-state index in [0.29, 0.717) is 6.54 Å². The second kappa shape index (κ2) is 5.67. The average molecular weight is 309 g/mol. The Morgan fingerprint density at radius 3 is 2.82 bits per heavy atom. The molecule has 0 saturated carbocycles. The smallest absolute Gasteiger partial charge is 0.115 e. The Labute approximate surface area is 114 Å². The van der Waals surface area contributed by atoms with Crippen molar-refractivity contribution in [3.63, 3.8) is 0 Å². The van der Waals surface area contributed by atoms with Crippen LogP contribution in [0.3, 0.4) is 0 Å². The summed E-state index contributed by atoms with van der Waals surface area (Å²) in [5, 5.41) is 0.969. The normalized spacial score (nSPS) is 10.5. The first-order chi connectivity index (χ1) is 8.22. The number of aromatic nitrogens is 1. The maximum absolute atomic E-state index is 5.77. The molecule has 1 aromatic carbocycles. The van der Waals surface area contributed by atoms with Gasteiger partial charge in [-0.05, 0) is 46.1 Å². The fourth-order valence-corrected chi connectivity index (χ4v) is 3.04. The minimum absolute atomic E-state index is 0.550. The largest absolute Gasteiger partial charge is 0.326 e. The lowest BCUT2D eigenvalue weighted by atomic mass is 10.1. The van der Waals surface area contributed by atoms with Crippen LogP contribution in [0.15, 0.2) is 50.9 Å². The molecule has 17 heavy (non-hydrogen) atoms. The van der Waals surface area contributed by atoms with Gasteiger partial charge in [0.25, 0.3) is 0 Å². The van der Waals surface area contributed by atoms with Crippen molar-refractivity contribution in [1.29, 1.82) is 0 Å². The van der Waals surface area contributed by atoms with E-state index in [-0.39, 0.29) is 0 Å². The topological polar surface area (TPSA) is 38.9 Å². The number of aryl methyl sites for hydroxylation is 1. The molecule has 2 nitrogen and oxygen atoms in total. The lowest BCUT2D eigenvalue weighted by molar-refractivity contribution is 1.01. The molecule has 0 radical (unpaired) electrons. The van der Waals surface area contributed by atoms with Crippen molar-refractivity contribution in [2.75, 3.05) is 0 Å². The summed E-state index contributed by atoms with van der Waals surface area (Å²) in [5.41, 5.74) is 8.16. The van der Waals surface area contributed by atoms with Crippen LogP contribution in [0.1, 0.15) is 11.1 Å². The van der Waals surface area contributed by atoms with Gasteiger partial charge in [0.2, 0.25) is 0 Å². The van der Waals surface area contributed by atoms with Crippen LogP contribution in [0.5, 0.6) is 0 Å². The predicted molar refractivity (Wildman–Crippen MR) is 75.1 cm³/mol. The monoisotopic (exact) mass is 308 g/mol. The zero-order valence-electron chi connectivity index (χ0n) is 9.48. The van der Waals surface area contributed by atoms with Crippen molar-refractivity contribution in [3.8, 4) is 0 Å². The van der Waals surface area contributed by atoms with Crippen molar-refractivity contribution < 1.29 is 0 Å². The quantitative estimate of drug-likeness (QED) is 0.938. The molecule has 0 spiro atoms. The minimum atomic E-state index is 0.550. The van der Waals surface area contributed by atoms with Crippen molar-refractivity contribution in [2.45, 2.75) is 23.4 Å². The number of nitrogens with two attached hydrogens (primary N) is 1. The minimum Gasteiger partial charge on any atom is -0.326 e. The third-order valence-electron chi connectivity index (χ3n) is 2.44. The number of nitrogens with zero attached hydrogens (tertiary/aromatic N) is 1. The summed E-state index contributed by atoms with van der Waals surface area (Å²) in [6.07, 6.45) is 1.80. The van der Waals surface area contributed by atoms with Gasteiger partial charge in [-0.25, -0.2) is 4.98 Å². The first-order valence-corrected chi connectivity index (χ1v) is 6.90. The molecule has 2 N–H and O–H groups in total. The van der Waals surface area contributed by atoms with Crippen LogP contribution in [-0.2, 0) is 6.54 Å². The fourth-order valence-electron chi connectivity index (χ4n) is 1.56. The molecular formula is C13H13BrN2S. The summed E-state index contributed by atoms with van der Waals surface area (Å²) in [7, 11) is 0. The standard InChI is InChI=1S/C13H13BrN2S/c1-9-4-2-5-10(8-15)12(9)17-13-11(14)6-3-7-16-13/h2-7H,8,15H2,1H3. The molecule has 2 aromatic rings. The van der Waals surface area contributed by atoms with E-state index >= 15 is 0 Å². The second-order valence-corrected chi connectivity index (χ2v) is 5.51. The molecule has 0 aliphatic rings. The SMILES string of the molecule is Cc1cccc(CN)c1Sc1ncccc1Br. The van der Waals surface area contributed by atoms with Gasteiger partial charge < -0.3 is 5.73 Å². The van der Waals surface area contributed by atoms with Crippen LogP contribution in [0.4, 0.5) is 0 Å². The highest BCUT2D eigenvalue weighted by Crippen LogP contribution is 2.35. The highest BCUT2D eigenvalue weighted by molar-refractivity contribution is 9.10. The molecule has 88 valence electrons. The summed E-state index contributed by atoms with van der Waals surface area (Å²) >= 11 is 5.16. The zero-order valence-corrected chi connectivity index (χ0v) is 11.9. The number of halogens is 1. The molecule has 0 atom stereocenters. The van der Waals surface area contributed by atoms with E-state index in [1.165, 1.54) is 10.5 Å². The van der Waals surface area contributed by atoms with Crippen LogP contribution >= 0.6 is 27.7 Å². The number of hydrogen-bond donors (Lipinski definition) is 1. The van der Waals surface area contributed by atoms with Crippen LogP contribution in [-0.4, -0.2) is 4.98 Å². The van der Waals surface area contributed by atoms with Crippen LogP contribution in [0.25, 0.3) is 0 Å². The van der Waals surface area contributed by atoms with Gasteiger partial charge >= 0.3 is 0 Å². The summed E-state index contributed by atoms with van der Waals surface area (Å²) in [6, 6.07) is 10.1. The highest BCUT2D eigenvalue weighted by Gasteiger charge is 2.09. The van der Waals surface area contributed by atoms with Gasteiger partial charge in [-0.3, -0.25) is 0 Å². The Balaban J connectivity index is 2.39. The van der Waals surface area contributed by atoms with Gasteiger partial charge in [-0.1, -0.05) is 30.0 Å². The summed E-state index contributed by atoms with van der Waals surface area (Å²) in [5.74, 6) is 0. The van der Waals surface area contributed by atoms with Crippen LogP contribution in [0.2, 0.25) is 0 Å². The number of hydrogen-bond acceptors (Lipinski definition) is 3. The third-order valence-corrected chi connectivity index (χ3v) is 4.65. The number of benzene rings is 1. The Hall–Kier alpha value is -0.840. The molecule has 0 aliphatic heterocycles. The third kappa shape index (κ3) is 2.89.